The van der Waals surface area contributed by atoms with Gasteiger partial charge in [-0.05, 0) is 37.0 Å². The van der Waals surface area contributed by atoms with Gasteiger partial charge in [-0.1, -0.05) is 13.8 Å². The van der Waals surface area contributed by atoms with Crippen molar-refractivity contribution in [3.63, 3.8) is 0 Å². The number of alkyl halides is 3. The number of benzene rings is 1. The molecular weight excluding hydrogens is 401 g/mol. The van der Waals surface area contributed by atoms with Gasteiger partial charge in [-0.15, -0.1) is 0 Å². The number of carbonyl (C=O) groups is 2. The van der Waals surface area contributed by atoms with Crippen molar-refractivity contribution in [3.05, 3.63) is 40.7 Å². The molecule has 1 amide bonds. The number of halogens is 3. The van der Waals surface area contributed by atoms with Crippen molar-refractivity contribution >= 4 is 17.4 Å². The Kier molecular flexibility index (Phi) is 5.40. The van der Waals surface area contributed by atoms with Crippen molar-refractivity contribution in [1.82, 2.24) is 9.78 Å². The van der Waals surface area contributed by atoms with Crippen LogP contribution in [-0.4, -0.2) is 39.2 Å². The summed E-state index contributed by atoms with van der Waals surface area (Å²) in [6.45, 7) is 5.25. The quantitative estimate of drug-likeness (QED) is 0.684. The van der Waals surface area contributed by atoms with Crippen LogP contribution in [0.2, 0.25) is 0 Å². The molecule has 4 N–H and O–H groups in total. The van der Waals surface area contributed by atoms with E-state index >= 15 is 0 Å². The zero-order valence-electron chi connectivity index (χ0n) is 16.8. The minimum absolute atomic E-state index is 0.00339. The van der Waals surface area contributed by atoms with Crippen LogP contribution in [0, 0.1) is 5.41 Å². The van der Waals surface area contributed by atoms with Crippen molar-refractivity contribution in [2.24, 2.45) is 11.1 Å². The molecule has 7 nitrogen and oxygen atoms in total. The second kappa shape index (κ2) is 7.42. The summed E-state index contributed by atoms with van der Waals surface area (Å²) in [5.41, 5.74) is 4.03. The van der Waals surface area contributed by atoms with E-state index in [2.05, 4.69) is 10.4 Å². The maximum atomic E-state index is 13.6. The van der Waals surface area contributed by atoms with Gasteiger partial charge < -0.3 is 16.2 Å². The SMILES string of the molecule is CC(O)CNc1cc(-n2nc(C(F)(F)F)c3c2CC(C)(C)CC3=O)ccc1C(N)=O. The monoisotopic (exact) mass is 424 g/mol. The number of rotatable bonds is 5. The molecule has 30 heavy (non-hydrogen) atoms. The predicted molar refractivity (Wildman–Crippen MR) is 104 cm³/mol. The lowest BCUT2D eigenvalue weighted by molar-refractivity contribution is -0.141. The van der Waals surface area contributed by atoms with Crippen molar-refractivity contribution in [3.8, 4) is 5.69 Å². The number of primary amides is 1. The topological polar surface area (TPSA) is 110 Å². The first-order valence-corrected chi connectivity index (χ1v) is 9.38. The number of aliphatic hydroxyl groups excluding tert-OH is 1. The average Bonchev–Trinajstić information content (AvgIpc) is 2.98. The lowest BCUT2D eigenvalue weighted by Gasteiger charge is -2.29. The minimum atomic E-state index is -4.78. The molecule has 0 saturated heterocycles. The number of nitrogens with zero attached hydrogens (tertiary/aromatic N) is 2. The Labute approximate surface area is 171 Å². The Morgan fingerprint density at radius 2 is 2.03 bits per heavy atom. The Bertz CT molecular complexity index is 1010. The van der Waals surface area contributed by atoms with Crippen LogP contribution in [0.5, 0.6) is 0 Å². The number of aliphatic hydroxyl groups is 1. The molecule has 1 aliphatic carbocycles. The molecule has 3 rings (SSSR count). The van der Waals surface area contributed by atoms with Crippen molar-refractivity contribution in [1.29, 1.82) is 0 Å². The van der Waals surface area contributed by atoms with Crippen molar-refractivity contribution < 1.29 is 27.9 Å². The zero-order valence-corrected chi connectivity index (χ0v) is 16.8. The fraction of sp³-hybridized carbons (Fsp3) is 0.450. The number of Topliss-reactive ketones (excluding diaryl/α,β-unsaturated/α-hetero) is 1. The van der Waals surface area contributed by atoms with E-state index in [1.54, 1.807) is 0 Å². The molecule has 1 unspecified atom stereocenters. The second-order valence-electron chi connectivity index (χ2n) is 8.34. The first-order chi connectivity index (χ1) is 13.8. The van der Waals surface area contributed by atoms with Gasteiger partial charge in [-0.3, -0.25) is 9.59 Å². The summed E-state index contributed by atoms with van der Waals surface area (Å²) in [5, 5.41) is 16.1. The molecule has 0 aliphatic heterocycles. The normalized spacial score (nSPS) is 16.8. The number of nitrogens with two attached hydrogens (primary N) is 1. The van der Waals surface area contributed by atoms with Gasteiger partial charge in [0.1, 0.15) is 0 Å². The maximum absolute atomic E-state index is 13.6. The van der Waals surface area contributed by atoms with Gasteiger partial charge in [0.25, 0.3) is 5.91 Å². The molecule has 1 aromatic carbocycles. The molecule has 10 heteroatoms. The third-order valence-corrected chi connectivity index (χ3v) is 4.91. The van der Waals surface area contributed by atoms with Crippen molar-refractivity contribution in [2.75, 3.05) is 11.9 Å². The van der Waals surface area contributed by atoms with Gasteiger partial charge in [0.15, 0.2) is 11.5 Å². The Hall–Kier alpha value is -2.88. The summed E-state index contributed by atoms with van der Waals surface area (Å²) in [6.07, 6.45) is -5.29. The van der Waals surface area contributed by atoms with E-state index in [0.717, 1.165) is 4.68 Å². The average molecular weight is 424 g/mol. The molecule has 0 radical (unpaired) electrons. The van der Waals surface area contributed by atoms with E-state index in [9.17, 15) is 27.9 Å². The molecule has 0 fully saturated rings. The molecule has 1 atom stereocenters. The summed E-state index contributed by atoms with van der Waals surface area (Å²) in [5.74, 6) is -1.33. The Morgan fingerprint density at radius 3 is 2.60 bits per heavy atom. The number of carbonyl (C=O) groups excluding carboxylic acids is 2. The standard InChI is InChI=1S/C20H23F3N4O3/c1-10(28)9-25-13-6-11(4-5-12(13)18(24)30)27-14-7-19(2,3)8-15(29)16(14)17(26-27)20(21,22)23/h4-6,10,25,28H,7-9H2,1-3H3,(H2,24,30). The first kappa shape index (κ1) is 21.8. The van der Waals surface area contributed by atoms with Gasteiger partial charge in [-0.25, -0.2) is 4.68 Å². The summed E-state index contributed by atoms with van der Waals surface area (Å²) in [7, 11) is 0. The third kappa shape index (κ3) is 4.18. The number of hydrogen-bond donors (Lipinski definition) is 3. The fourth-order valence-electron chi connectivity index (χ4n) is 3.64. The first-order valence-electron chi connectivity index (χ1n) is 9.38. The molecule has 1 heterocycles. The summed E-state index contributed by atoms with van der Waals surface area (Å²) in [4.78, 5) is 24.3. The van der Waals surface area contributed by atoms with Gasteiger partial charge in [0.05, 0.1) is 28.6 Å². The molecule has 0 bridgehead atoms. The van der Waals surface area contributed by atoms with E-state index in [1.807, 2.05) is 13.8 Å². The van der Waals surface area contributed by atoms with Crippen LogP contribution in [-0.2, 0) is 12.6 Å². The molecular formula is C20H23F3N4O3. The minimum Gasteiger partial charge on any atom is -0.392 e. The van der Waals surface area contributed by atoms with Gasteiger partial charge in [0.2, 0.25) is 0 Å². The lowest BCUT2D eigenvalue weighted by Crippen LogP contribution is -2.29. The van der Waals surface area contributed by atoms with Crippen LogP contribution >= 0.6 is 0 Å². The number of nitrogens with one attached hydrogen (secondary N) is 1. The Morgan fingerprint density at radius 1 is 1.37 bits per heavy atom. The zero-order chi connectivity index (χ0) is 22.4. The molecule has 1 aliphatic rings. The number of fused-ring (bicyclic) bond motifs is 1. The van der Waals surface area contributed by atoms with Gasteiger partial charge >= 0.3 is 6.18 Å². The molecule has 0 spiro atoms. The van der Waals surface area contributed by atoms with E-state index in [0.29, 0.717) is 0 Å². The van der Waals surface area contributed by atoms with E-state index in [4.69, 9.17) is 5.73 Å². The summed E-state index contributed by atoms with van der Waals surface area (Å²) < 4.78 is 41.9. The van der Waals surface area contributed by atoms with Crippen LogP contribution in [0.15, 0.2) is 18.2 Å². The number of anilines is 1. The van der Waals surface area contributed by atoms with E-state index < -0.39 is 40.6 Å². The van der Waals surface area contributed by atoms with Gasteiger partial charge in [-0.2, -0.15) is 18.3 Å². The third-order valence-electron chi connectivity index (χ3n) is 4.91. The number of amides is 1. The number of hydrogen-bond acceptors (Lipinski definition) is 5. The number of ketones is 1. The van der Waals surface area contributed by atoms with Crippen LogP contribution < -0.4 is 11.1 Å². The molecule has 1 aromatic heterocycles. The van der Waals surface area contributed by atoms with E-state index in [-0.39, 0.29) is 42.0 Å². The lowest BCUT2D eigenvalue weighted by atomic mass is 9.75. The van der Waals surface area contributed by atoms with E-state index in [1.165, 1.54) is 25.1 Å². The smallest absolute Gasteiger partial charge is 0.392 e. The Balaban J connectivity index is 2.20. The molecule has 162 valence electrons. The fourth-order valence-corrected chi connectivity index (χ4v) is 3.64. The largest absolute Gasteiger partial charge is 0.435 e. The van der Waals surface area contributed by atoms with Gasteiger partial charge in [0, 0.05) is 18.7 Å². The van der Waals surface area contributed by atoms with Crippen molar-refractivity contribution in [2.45, 2.75) is 45.9 Å². The molecule has 2 aromatic rings. The maximum Gasteiger partial charge on any atom is 0.435 e. The molecule has 0 saturated carbocycles. The highest BCUT2D eigenvalue weighted by atomic mass is 19.4. The van der Waals surface area contributed by atoms with Crippen LogP contribution in [0.25, 0.3) is 5.69 Å². The summed E-state index contributed by atoms with van der Waals surface area (Å²) in [6, 6.07) is 4.23. The van der Waals surface area contributed by atoms with Crippen LogP contribution in [0.4, 0.5) is 18.9 Å². The number of aromatic nitrogens is 2. The highest BCUT2D eigenvalue weighted by molar-refractivity contribution is 6.00. The van der Waals surface area contributed by atoms with Crippen LogP contribution in [0.1, 0.15) is 59.3 Å². The predicted octanol–water partition coefficient (Wildman–Crippen LogP) is 2.94. The van der Waals surface area contributed by atoms with Crippen LogP contribution in [0.3, 0.4) is 0 Å². The highest BCUT2D eigenvalue weighted by Crippen LogP contribution is 2.42. The highest BCUT2D eigenvalue weighted by Gasteiger charge is 2.45. The second-order valence-corrected chi connectivity index (χ2v) is 8.34. The summed E-state index contributed by atoms with van der Waals surface area (Å²) >= 11 is 0.